The topological polar surface area (TPSA) is 18.8 Å². The van der Waals surface area contributed by atoms with Crippen LogP contribution >= 0.6 is 0 Å². The van der Waals surface area contributed by atoms with Crippen LogP contribution in [-0.2, 0) is 12.8 Å². The molecule has 0 atom stereocenters. The van der Waals surface area contributed by atoms with Crippen LogP contribution in [0.5, 0.6) is 0 Å². The fraction of sp³-hybridized carbons (Fsp3) is 0.409. The maximum Gasteiger partial charge on any atom is 0.206 e. The summed E-state index contributed by atoms with van der Waals surface area (Å²) in [5.74, 6) is 1.12. The molecule has 0 N–H and O–H groups in total. The maximum atomic E-state index is 5.09. The Morgan fingerprint density at radius 3 is 1.76 bits per heavy atom. The molecule has 0 unspecified atom stereocenters. The van der Waals surface area contributed by atoms with E-state index >= 15 is 0 Å². The summed E-state index contributed by atoms with van der Waals surface area (Å²) < 4.78 is 0. The zero-order chi connectivity index (χ0) is 17.2. The number of rotatable bonds is 1. The fourth-order valence-electron chi connectivity index (χ4n) is 4.00. The van der Waals surface area contributed by atoms with Crippen molar-refractivity contribution in [2.24, 2.45) is 4.99 Å². The van der Waals surface area contributed by atoms with Crippen molar-refractivity contribution in [1.29, 1.82) is 0 Å². The Bertz CT molecular complexity index is 719. The first-order chi connectivity index (χ1) is 12.2. The lowest BCUT2D eigenvalue weighted by Crippen LogP contribution is -2.49. The summed E-state index contributed by atoms with van der Waals surface area (Å²) >= 11 is 0. The highest BCUT2D eigenvalue weighted by Gasteiger charge is 2.28. The average Bonchev–Trinajstić information content (AvgIpc) is 2.65. The van der Waals surface area contributed by atoms with Gasteiger partial charge >= 0.3 is 0 Å². The van der Waals surface area contributed by atoms with Crippen molar-refractivity contribution in [3.63, 3.8) is 0 Å². The van der Waals surface area contributed by atoms with Crippen molar-refractivity contribution in [1.82, 2.24) is 0 Å². The van der Waals surface area contributed by atoms with Gasteiger partial charge in [-0.05, 0) is 62.8 Å². The molecule has 4 rings (SSSR count). The van der Waals surface area contributed by atoms with Crippen molar-refractivity contribution in [3.8, 4) is 0 Å². The van der Waals surface area contributed by atoms with Crippen molar-refractivity contribution < 1.29 is 0 Å². The molecule has 2 aliphatic heterocycles. The van der Waals surface area contributed by atoms with E-state index in [1.54, 1.807) is 0 Å². The van der Waals surface area contributed by atoms with Gasteiger partial charge in [-0.1, -0.05) is 36.4 Å². The number of hydrogen-bond donors (Lipinski definition) is 0. The number of para-hydroxylation sites is 2. The molecule has 2 aromatic carbocycles. The Kier molecular flexibility index (Phi) is 4.48. The van der Waals surface area contributed by atoms with Crippen LogP contribution in [0.2, 0.25) is 0 Å². The van der Waals surface area contributed by atoms with E-state index in [4.69, 9.17) is 4.99 Å². The smallest absolute Gasteiger partial charge is 0.206 e. The van der Waals surface area contributed by atoms with Crippen LogP contribution in [0.1, 0.15) is 37.8 Å². The monoisotopic (exact) mass is 333 g/mol. The normalized spacial score (nSPS) is 16.4. The van der Waals surface area contributed by atoms with Crippen molar-refractivity contribution in [3.05, 3.63) is 59.7 Å². The van der Waals surface area contributed by atoms with Crippen molar-refractivity contribution >= 4 is 17.3 Å². The maximum absolute atomic E-state index is 5.09. The van der Waals surface area contributed by atoms with Crippen LogP contribution in [-0.4, -0.2) is 25.1 Å². The standard InChI is InChI=1S/C22H27N3/c1-17(2)23-22(24-15-7-11-18-9-3-5-13-20(18)24)25-16-8-12-19-10-4-6-14-21(19)25/h3-6,9-10,13-14,17H,7-8,11-12,15-16H2,1-2H3. The quantitative estimate of drug-likeness (QED) is 0.558. The summed E-state index contributed by atoms with van der Waals surface area (Å²) in [6.07, 6.45) is 4.70. The first-order valence-corrected chi connectivity index (χ1v) is 9.53. The highest BCUT2D eigenvalue weighted by molar-refractivity contribution is 6.08. The second kappa shape index (κ2) is 6.91. The summed E-state index contributed by atoms with van der Waals surface area (Å²) in [4.78, 5) is 9.98. The molecule has 130 valence electrons. The van der Waals surface area contributed by atoms with Gasteiger partial charge in [-0.25, -0.2) is 4.99 Å². The van der Waals surface area contributed by atoms with E-state index in [1.165, 1.54) is 35.3 Å². The third-order valence-corrected chi connectivity index (χ3v) is 5.08. The third kappa shape index (κ3) is 3.15. The van der Waals surface area contributed by atoms with E-state index in [1.807, 2.05) is 0 Å². The van der Waals surface area contributed by atoms with Gasteiger partial charge in [0.25, 0.3) is 0 Å². The molecule has 2 heterocycles. The minimum absolute atomic E-state index is 0.276. The number of anilines is 2. The van der Waals surface area contributed by atoms with Gasteiger partial charge in [-0.2, -0.15) is 0 Å². The van der Waals surface area contributed by atoms with Gasteiger partial charge in [0.2, 0.25) is 5.96 Å². The predicted octanol–water partition coefficient (Wildman–Crippen LogP) is 4.66. The zero-order valence-corrected chi connectivity index (χ0v) is 15.3. The largest absolute Gasteiger partial charge is 0.312 e. The van der Waals surface area contributed by atoms with E-state index in [-0.39, 0.29) is 6.04 Å². The molecule has 2 aromatic rings. The first kappa shape index (κ1) is 16.2. The second-order valence-electron chi connectivity index (χ2n) is 7.29. The molecular weight excluding hydrogens is 306 g/mol. The molecular formula is C22H27N3. The Balaban J connectivity index is 1.79. The molecule has 3 nitrogen and oxygen atoms in total. The third-order valence-electron chi connectivity index (χ3n) is 5.08. The van der Waals surface area contributed by atoms with E-state index < -0.39 is 0 Å². The Morgan fingerprint density at radius 1 is 0.800 bits per heavy atom. The number of hydrogen-bond acceptors (Lipinski definition) is 1. The molecule has 0 bridgehead atoms. The van der Waals surface area contributed by atoms with Crippen LogP contribution in [0.25, 0.3) is 0 Å². The van der Waals surface area contributed by atoms with E-state index in [0.29, 0.717) is 0 Å². The summed E-state index contributed by atoms with van der Waals surface area (Å²) in [5, 5.41) is 0. The molecule has 0 saturated heterocycles. The van der Waals surface area contributed by atoms with Crippen LogP contribution in [0.15, 0.2) is 53.5 Å². The Labute approximate surface area is 151 Å². The molecule has 2 aliphatic rings. The van der Waals surface area contributed by atoms with Crippen LogP contribution in [0.3, 0.4) is 0 Å². The van der Waals surface area contributed by atoms with Gasteiger partial charge in [-0.15, -0.1) is 0 Å². The molecule has 0 aromatic heterocycles. The molecule has 0 radical (unpaired) electrons. The SMILES string of the molecule is CC(C)N=C(N1CCCc2ccccc21)N1CCCc2ccccc21. The Morgan fingerprint density at radius 2 is 1.28 bits per heavy atom. The molecule has 0 aliphatic carbocycles. The number of aliphatic imine (C=N–C) groups is 1. The van der Waals surface area contributed by atoms with Crippen molar-refractivity contribution in [2.45, 2.75) is 45.6 Å². The lowest BCUT2D eigenvalue weighted by Gasteiger charge is -2.40. The van der Waals surface area contributed by atoms with E-state index in [2.05, 4.69) is 72.2 Å². The fourth-order valence-corrected chi connectivity index (χ4v) is 4.00. The zero-order valence-electron chi connectivity index (χ0n) is 15.3. The summed E-state index contributed by atoms with van der Waals surface area (Å²) in [6.45, 7) is 6.43. The molecule has 25 heavy (non-hydrogen) atoms. The van der Waals surface area contributed by atoms with Gasteiger partial charge in [-0.3, -0.25) is 0 Å². The molecule has 0 amide bonds. The molecule has 0 fully saturated rings. The number of nitrogens with zero attached hydrogens (tertiary/aromatic N) is 3. The molecule has 0 spiro atoms. The van der Waals surface area contributed by atoms with Crippen LogP contribution in [0.4, 0.5) is 11.4 Å². The highest BCUT2D eigenvalue weighted by atomic mass is 15.4. The predicted molar refractivity (Wildman–Crippen MR) is 107 cm³/mol. The minimum Gasteiger partial charge on any atom is -0.312 e. The van der Waals surface area contributed by atoms with Gasteiger partial charge in [0.15, 0.2) is 0 Å². The summed E-state index contributed by atoms with van der Waals surface area (Å²) in [7, 11) is 0. The van der Waals surface area contributed by atoms with Gasteiger partial charge in [0.1, 0.15) is 0 Å². The van der Waals surface area contributed by atoms with Crippen LogP contribution < -0.4 is 9.80 Å². The number of benzene rings is 2. The minimum atomic E-state index is 0.276. The molecule has 0 saturated carbocycles. The van der Waals surface area contributed by atoms with E-state index in [0.717, 1.165) is 31.9 Å². The second-order valence-corrected chi connectivity index (χ2v) is 7.29. The lowest BCUT2D eigenvalue weighted by molar-refractivity contribution is 0.726. The van der Waals surface area contributed by atoms with Gasteiger partial charge < -0.3 is 9.80 Å². The van der Waals surface area contributed by atoms with Gasteiger partial charge in [0, 0.05) is 30.5 Å². The van der Waals surface area contributed by atoms with Crippen LogP contribution in [0, 0.1) is 0 Å². The highest BCUT2D eigenvalue weighted by Crippen LogP contribution is 2.32. The molecule has 3 heteroatoms. The van der Waals surface area contributed by atoms with Crippen molar-refractivity contribution in [2.75, 3.05) is 22.9 Å². The average molecular weight is 333 g/mol. The number of guanidine groups is 1. The summed E-state index contributed by atoms with van der Waals surface area (Å²) in [5.41, 5.74) is 5.54. The summed E-state index contributed by atoms with van der Waals surface area (Å²) in [6, 6.07) is 17.9. The Hall–Kier alpha value is -2.29. The number of aryl methyl sites for hydroxylation is 2. The number of fused-ring (bicyclic) bond motifs is 2. The lowest BCUT2D eigenvalue weighted by atomic mass is 10.0. The van der Waals surface area contributed by atoms with Gasteiger partial charge in [0.05, 0.1) is 0 Å². The first-order valence-electron chi connectivity index (χ1n) is 9.53. The van der Waals surface area contributed by atoms with E-state index in [9.17, 15) is 0 Å².